The zero-order chi connectivity index (χ0) is 23.5. The second-order valence-corrected chi connectivity index (χ2v) is 7.70. The average molecular weight is 447 g/mol. The summed E-state index contributed by atoms with van der Waals surface area (Å²) < 4.78 is 23.2. The number of hydrogen-bond donors (Lipinski definition) is 0. The van der Waals surface area contributed by atoms with Gasteiger partial charge in [-0.2, -0.15) is 0 Å². The molecule has 0 spiro atoms. The van der Waals surface area contributed by atoms with Crippen LogP contribution in [0.1, 0.15) is 27.3 Å². The largest absolute Gasteiger partial charge is 0.497 e. The van der Waals surface area contributed by atoms with E-state index in [4.69, 9.17) is 18.6 Å². The number of ketones is 1. The zero-order valence-electron chi connectivity index (χ0n) is 19.0. The van der Waals surface area contributed by atoms with Crippen LogP contribution >= 0.6 is 0 Å². The lowest BCUT2D eigenvalue weighted by molar-refractivity contribution is -0.141. The molecular formula is C26H25NO6. The van der Waals surface area contributed by atoms with Crippen molar-refractivity contribution in [2.24, 2.45) is 0 Å². The van der Waals surface area contributed by atoms with Crippen molar-refractivity contribution in [1.29, 1.82) is 0 Å². The molecule has 2 aromatic heterocycles. The number of methoxy groups -OCH3 is 2. The van der Waals surface area contributed by atoms with E-state index in [2.05, 4.69) is 0 Å². The Kier molecular flexibility index (Phi) is 6.22. The van der Waals surface area contributed by atoms with Gasteiger partial charge in [-0.1, -0.05) is 0 Å². The maximum atomic E-state index is 12.8. The fraction of sp³-hybridized carbons (Fsp3) is 0.231. The van der Waals surface area contributed by atoms with Gasteiger partial charge in [0.1, 0.15) is 17.1 Å². The maximum absolute atomic E-state index is 12.8. The van der Waals surface area contributed by atoms with Crippen molar-refractivity contribution in [2.45, 2.75) is 20.3 Å². The molecule has 0 aliphatic rings. The second kappa shape index (κ2) is 9.24. The molecule has 0 atom stereocenters. The standard InChI is InChI=1S/C26H25NO6/c1-16-11-23(17(2)27(16)19-5-7-20(30-3)8-6-19)24(28)15-33-26(29)12-18-14-32-25-13-21(31-4)9-10-22(18)25/h5-11,13-14H,12,15H2,1-4H3. The lowest BCUT2D eigenvalue weighted by Gasteiger charge is -2.11. The summed E-state index contributed by atoms with van der Waals surface area (Å²) in [5, 5.41) is 0.808. The van der Waals surface area contributed by atoms with Crippen LogP contribution in [0.4, 0.5) is 0 Å². The quantitative estimate of drug-likeness (QED) is 0.284. The minimum absolute atomic E-state index is 0.0114. The lowest BCUT2D eigenvalue weighted by atomic mass is 10.1. The number of carbonyl (C=O) groups is 2. The van der Waals surface area contributed by atoms with E-state index < -0.39 is 5.97 Å². The molecule has 33 heavy (non-hydrogen) atoms. The number of aryl methyl sites for hydroxylation is 1. The molecule has 0 aliphatic heterocycles. The Morgan fingerprint density at radius 3 is 2.33 bits per heavy atom. The van der Waals surface area contributed by atoms with E-state index in [1.54, 1.807) is 26.4 Å². The van der Waals surface area contributed by atoms with Gasteiger partial charge in [-0.25, -0.2) is 0 Å². The Morgan fingerprint density at radius 2 is 1.64 bits per heavy atom. The van der Waals surface area contributed by atoms with Gasteiger partial charge in [0.15, 0.2) is 6.61 Å². The first-order valence-electron chi connectivity index (χ1n) is 10.5. The van der Waals surface area contributed by atoms with Crippen LogP contribution < -0.4 is 9.47 Å². The number of Topliss-reactive ketones (excluding diaryl/α,β-unsaturated/α-hetero) is 1. The third kappa shape index (κ3) is 4.48. The molecule has 4 rings (SSSR count). The number of hydrogen-bond acceptors (Lipinski definition) is 6. The van der Waals surface area contributed by atoms with E-state index in [0.29, 0.717) is 22.5 Å². The van der Waals surface area contributed by atoms with Crippen molar-refractivity contribution < 1.29 is 28.2 Å². The molecule has 2 heterocycles. The Morgan fingerprint density at radius 1 is 0.939 bits per heavy atom. The Bertz CT molecular complexity index is 1310. The highest BCUT2D eigenvalue weighted by Gasteiger charge is 2.19. The first-order chi connectivity index (χ1) is 15.9. The van der Waals surface area contributed by atoms with Crippen molar-refractivity contribution in [1.82, 2.24) is 4.57 Å². The Labute approximate surface area is 191 Å². The highest BCUT2D eigenvalue weighted by molar-refractivity contribution is 5.99. The molecule has 7 nitrogen and oxygen atoms in total. The van der Waals surface area contributed by atoms with Gasteiger partial charge in [-0.15, -0.1) is 0 Å². The van der Waals surface area contributed by atoms with E-state index in [1.165, 1.54) is 6.26 Å². The average Bonchev–Trinajstić information content (AvgIpc) is 3.36. The number of nitrogens with zero attached hydrogens (tertiary/aromatic N) is 1. The summed E-state index contributed by atoms with van der Waals surface area (Å²) in [6, 6.07) is 14.8. The molecule has 170 valence electrons. The molecular weight excluding hydrogens is 422 g/mol. The molecule has 0 N–H and O–H groups in total. The smallest absolute Gasteiger partial charge is 0.310 e. The van der Waals surface area contributed by atoms with Crippen molar-refractivity contribution in [3.05, 3.63) is 77.3 Å². The first kappa shape index (κ1) is 22.2. The molecule has 0 amide bonds. The number of rotatable bonds is 8. The molecule has 0 fully saturated rings. The first-order valence-corrected chi connectivity index (χ1v) is 10.5. The molecule has 4 aromatic rings. The number of ether oxygens (including phenoxy) is 3. The van der Waals surface area contributed by atoms with Crippen LogP contribution in [0, 0.1) is 13.8 Å². The Balaban J connectivity index is 1.43. The van der Waals surface area contributed by atoms with Crippen LogP contribution in [0.5, 0.6) is 11.5 Å². The summed E-state index contributed by atoms with van der Waals surface area (Å²) in [6.07, 6.45) is 1.53. The van der Waals surface area contributed by atoms with Crippen LogP contribution in [0.15, 0.2) is 59.2 Å². The van der Waals surface area contributed by atoms with Crippen LogP contribution in [-0.2, 0) is 16.0 Å². The van der Waals surface area contributed by atoms with E-state index in [9.17, 15) is 9.59 Å². The third-order valence-electron chi connectivity index (χ3n) is 5.62. The third-order valence-corrected chi connectivity index (χ3v) is 5.62. The molecule has 7 heteroatoms. The number of esters is 1. The number of aromatic nitrogens is 1. The van der Waals surface area contributed by atoms with E-state index >= 15 is 0 Å². The van der Waals surface area contributed by atoms with Gasteiger partial charge in [0, 0.05) is 39.7 Å². The van der Waals surface area contributed by atoms with Gasteiger partial charge >= 0.3 is 5.97 Å². The number of benzene rings is 2. The van der Waals surface area contributed by atoms with Crippen molar-refractivity contribution >= 4 is 22.7 Å². The number of fused-ring (bicyclic) bond motifs is 1. The molecule has 0 bridgehead atoms. The van der Waals surface area contributed by atoms with E-state index in [-0.39, 0.29) is 18.8 Å². The molecule has 0 radical (unpaired) electrons. The predicted molar refractivity (Wildman–Crippen MR) is 124 cm³/mol. The summed E-state index contributed by atoms with van der Waals surface area (Å²) in [5.41, 5.74) is 4.46. The van der Waals surface area contributed by atoms with Crippen molar-refractivity contribution in [3.8, 4) is 17.2 Å². The highest BCUT2D eigenvalue weighted by Crippen LogP contribution is 2.26. The minimum atomic E-state index is -0.495. The summed E-state index contributed by atoms with van der Waals surface area (Å²) in [4.78, 5) is 25.2. The minimum Gasteiger partial charge on any atom is -0.497 e. The van der Waals surface area contributed by atoms with Crippen LogP contribution in [0.3, 0.4) is 0 Å². The summed E-state index contributed by atoms with van der Waals surface area (Å²) >= 11 is 0. The second-order valence-electron chi connectivity index (χ2n) is 7.70. The monoisotopic (exact) mass is 447 g/mol. The van der Waals surface area contributed by atoms with E-state index in [1.807, 2.05) is 54.8 Å². The SMILES string of the molecule is COc1ccc(-n2c(C)cc(C(=O)COC(=O)Cc3coc4cc(OC)ccc34)c2C)cc1. The fourth-order valence-corrected chi connectivity index (χ4v) is 3.93. The maximum Gasteiger partial charge on any atom is 0.310 e. The van der Waals surface area contributed by atoms with Crippen LogP contribution in [0.2, 0.25) is 0 Å². The Hall–Kier alpha value is -4.00. The normalized spacial score (nSPS) is 10.9. The summed E-state index contributed by atoms with van der Waals surface area (Å²) in [7, 11) is 3.19. The predicted octanol–water partition coefficient (Wildman–Crippen LogP) is 4.83. The lowest BCUT2D eigenvalue weighted by Crippen LogP contribution is -2.16. The molecule has 2 aromatic carbocycles. The molecule has 0 unspecified atom stereocenters. The van der Waals surface area contributed by atoms with Gasteiger partial charge in [0.2, 0.25) is 5.78 Å². The molecule has 0 saturated heterocycles. The van der Waals surface area contributed by atoms with Crippen molar-refractivity contribution in [3.63, 3.8) is 0 Å². The summed E-state index contributed by atoms with van der Waals surface area (Å²) in [6.45, 7) is 3.48. The van der Waals surface area contributed by atoms with Gasteiger partial charge in [-0.05, 0) is 56.3 Å². The molecule has 0 aliphatic carbocycles. The van der Waals surface area contributed by atoms with Gasteiger partial charge < -0.3 is 23.2 Å². The highest BCUT2D eigenvalue weighted by atomic mass is 16.5. The zero-order valence-corrected chi connectivity index (χ0v) is 19.0. The summed E-state index contributed by atoms with van der Waals surface area (Å²) in [5.74, 6) is 0.682. The van der Waals surface area contributed by atoms with Crippen LogP contribution in [0.25, 0.3) is 16.7 Å². The number of carbonyl (C=O) groups excluding carboxylic acids is 2. The van der Waals surface area contributed by atoms with Gasteiger partial charge in [0.05, 0.1) is 26.9 Å². The fourth-order valence-electron chi connectivity index (χ4n) is 3.93. The van der Waals surface area contributed by atoms with Crippen LogP contribution in [-0.4, -0.2) is 37.1 Å². The van der Waals surface area contributed by atoms with Crippen molar-refractivity contribution in [2.75, 3.05) is 20.8 Å². The number of furan rings is 1. The molecule has 0 saturated carbocycles. The van der Waals surface area contributed by atoms with E-state index in [0.717, 1.165) is 28.2 Å². The van der Waals surface area contributed by atoms with Gasteiger partial charge in [-0.3, -0.25) is 9.59 Å². The topological polar surface area (TPSA) is 79.9 Å². The van der Waals surface area contributed by atoms with Gasteiger partial charge in [0.25, 0.3) is 0 Å².